The number of carbonyl (C=O) groups is 1. The van der Waals surface area contributed by atoms with Crippen LogP contribution in [0.3, 0.4) is 0 Å². The zero-order valence-corrected chi connectivity index (χ0v) is 13.1. The van der Waals surface area contributed by atoms with Gasteiger partial charge in [-0.3, -0.25) is 4.79 Å². The van der Waals surface area contributed by atoms with Gasteiger partial charge >= 0.3 is 0 Å². The zero-order valence-electron chi connectivity index (χ0n) is 13.1. The molecule has 5 heteroatoms. The first-order valence-corrected chi connectivity index (χ1v) is 7.66. The molecule has 120 valence electrons. The van der Waals surface area contributed by atoms with Crippen LogP contribution < -0.4 is 5.32 Å². The number of amides is 1. The highest BCUT2D eigenvalue weighted by Gasteiger charge is 2.25. The summed E-state index contributed by atoms with van der Waals surface area (Å²) in [6, 6.07) is 4.49. The fourth-order valence-corrected chi connectivity index (χ4v) is 2.60. The van der Waals surface area contributed by atoms with Gasteiger partial charge in [0.2, 0.25) is 5.91 Å². The molecule has 0 aliphatic rings. The molecule has 0 atom stereocenters. The molecule has 1 aromatic carbocycles. The lowest BCUT2D eigenvalue weighted by Gasteiger charge is -2.29. The van der Waals surface area contributed by atoms with Gasteiger partial charge in [0, 0.05) is 29.1 Å². The molecule has 0 aliphatic carbocycles. The number of hydrogen-bond donors (Lipinski definition) is 3. The molecule has 3 N–H and O–H groups in total. The van der Waals surface area contributed by atoms with E-state index in [9.17, 15) is 14.3 Å². The van der Waals surface area contributed by atoms with Crippen LogP contribution in [-0.4, -0.2) is 29.1 Å². The average molecular weight is 306 g/mol. The Kier molecular flexibility index (Phi) is 5.19. The third-order valence-electron chi connectivity index (χ3n) is 4.58. The summed E-state index contributed by atoms with van der Waals surface area (Å²) in [4.78, 5) is 15.2. The van der Waals surface area contributed by atoms with Gasteiger partial charge in [0.05, 0.1) is 13.0 Å². The van der Waals surface area contributed by atoms with Gasteiger partial charge in [0.1, 0.15) is 5.82 Å². The van der Waals surface area contributed by atoms with Crippen LogP contribution in [0.1, 0.15) is 32.3 Å². The second-order valence-electron chi connectivity index (χ2n) is 5.82. The number of aromatic amines is 1. The number of aromatic nitrogens is 1. The number of H-pyrrole nitrogens is 1. The smallest absolute Gasteiger partial charge is 0.224 e. The van der Waals surface area contributed by atoms with Crippen molar-refractivity contribution >= 4 is 16.8 Å². The topological polar surface area (TPSA) is 65.1 Å². The quantitative estimate of drug-likeness (QED) is 0.736. The highest BCUT2D eigenvalue weighted by molar-refractivity contribution is 5.88. The van der Waals surface area contributed by atoms with E-state index in [0.717, 1.165) is 29.3 Å². The molecule has 22 heavy (non-hydrogen) atoms. The lowest BCUT2D eigenvalue weighted by Crippen LogP contribution is -2.39. The van der Waals surface area contributed by atoms with Crippen LogP contribution in [-0.2, 0) is 11.2 Å². The van der Waals surface area contributed by atoms with E-state index in [-0.39, 0.29) is 30.2 Å². The largest absolute Gasteiger partial charge is 0.396 e. The van der Waals surface area contributed by atoms with Crippen LogP contribution in [0.15, 0.2) is 24.4 Å². The van der Waals surface area contributed by atoms with E-state index in [4.69, 9.17) is 0 Å². The van der Waals surface area contributed by atoms with Crippen LogP contribution >= 0.6 is 0 Å². The molecule has 4 nitrogen and oxygen atoms in total. The van der Waals surface area contributed by atoms with Gasteiger partial charge < -0.3 is 15.4 Å². The van der Waals surface area contributed by atoms with E-state index >= 15 is 0 Å². The number of halogens is 1. The van der Waals surface area contributed by atoms with Crippen molar-refractivity contribution in [2.45, 2.75) is 33.1 Å². The van der Waals surface area contributed by atoms with E-state index in [2.05, 4.69) is 10.3 Å². The van der Waals surface area contributed by atoms with Gasteiger partial charge in [-0.2, -0.15) is 0 Å². The van der Waals surface area contributed by atoms with Gasteiger partial charge in [-0.15, -0.1) is 0 Å². The Balaban J connectivity index is 2.03. The zero-order chi connectivity index (χ0) is 16.2. The van der Waals surface area contributed by atoms with Gasteiger partial charge in [0.15, 0.2) is 0 Å². The van der Waals surface area contributed by atoms with Crippen molar-refractivity contribution in [3.63, 3.8) is 0 Å². The molecule has 1 aromatic heterocycles. The first-order chi connectivity index (χ1) is 10.5. The molecule has 0 fully saturated rings. The van der Waals surface area contributed by atoms with Crippen LogP contribution in [0.2, 0.25) is 0 Å². The second-order valence-corrected chi connectivity index (χ2v) is 5.82. The fourth-order valence-electron chi connectivity index (χ4n) is 2.60. The lowest BCUT2D eigenvalue weighted by atomic mass is 9.83. The molecule has 0 unspecified atom stereocenters. The standard InChI is InChI=1S/C17H23FN2O2/c1-3-17(4-2,11-21)10-20-16(22)7-12-9-19-15-6-5-13(18)8-14(12)15/h5-6,8-9,19,21H,3-4,7,10-11H2,1-2H3,(H,20,22). The molecule has 0 aliphatic heterocycles. The monoisotopic (exact) mass is 306 g/mol. The molecule has 0 saturated heterocycles. The lowest BCUT2D eigenvalue weighted by molar-refractivity contribution is -0.121. The Hall–Kier alpha value is -1.88. The van der Waals surface area contributed by atoms with Crippen LogP contribution in [0, 0.1) is 11.2 Å². The highest BCUT2D eigenvalue weighted by Crippen LogP contribution is 2.24. The van der Waals surface area contributed by atoms with E-state index < -0.39 is 0 Å². The summed E-state index contributed by atoms with van der Waals surface area (Å²) in [6.07, 6.45) is 3.54. The normalized spacial score (nSPS) is 11.8. The van der Waals surface area contributed by atoms with Gasteiger partial charge in [-0.05, 0) is 36.6 Å². The van der Waals surface area contributed by atoms with E-state index in [1.165, 1.54) is 12.1 Å². The second kappa shape index (κ2) is 6.92. The molecular formula is C17H23FN2O2. The number of fused-ring (bicyclic) bond motifs is 1. The number of benzene rings is 1. The van der Waals surface area contributed by atoms with Crippen molar-refractivity contribution < 1.29 is 14.3 Å². The minimum atomic E-state index is -0.315. The molecule has 2 rings (SSSR count). The highest BCUT2D eigenvalue weighted by atomic mass is 19.1. The number of carbonyl (C=O) groups excluding carboxylic acids is 1. The third-order valence-corrected chi connectivity index (χ3v) is 4.58. The Morgan fingerprint density at radius 2 is 2.09 bits per heavy atom. The summed E-state index contributed by atoms with van der Waals surface area (Å²) in [5.41, 5.74) is 1.33. The van der Waals surface area contributed by atoms with Gasteiger partial charge in [0.25, 0.3) is 0 Å². The molecule has 0 saturated carbocycles. The maximum atomic E-state index is 13.3. The first-order valence-electron chi connectivity index (χ1n) is 7.66. The van der Waals surface area contributed by atoms with Crippen molar-refractivity contribution in [1.82, 2.24) is 10.3 Å². The molecule has 1 heterocycles. The Morgan fingerprint density at radius 1 is 1.36 bits per heavy atom. The third kappa shape index (κ3) is 3.47. The van der Waals surface area contributed by atoms with Crippen LogP contribution in [0.25, 0.3) is 10.9 Å². The summed E-state index contributed by atoms with van der Waals surface area (Å²) in [5.74, 6) is -0.435. The van der Waals surface area contributed by atoms with Crippen LogP contribution in [0.5, 0.6) is 0 Å². The summed E-state index contributed by atoms with van der Waals surface area (Å²) in [7, 11) is 0. The maximum Gasteiger partial charge on any atom is 0.224 e. The number of hydrogen-bond acceptors (Lipinski definition) is 2. The molecular weight excluding hydrogens is 283 g/mol. The SMILES string of the molecule is CCC(CC)(CO)CNC(=O)Cc1c[nH]c2ccc(F)cc12. The van der Waals surface area contributed by atoms with E-state index in [0.29, 0.717) is 6.54 Å². The molecule has 0 bridgehead atoms. The Labute approximate surface area is 129 Å². The van der Waals surface area contributed by atoms with Gasteiger partial charge in [-0.1, -0.05) is 13.8 Å². The minimum Gasteiger partial charge on any atom is -0.396 e. The average Bonchev–Trinajstić information content (AvgIpc) is 2.91. The fraction of sp³-hybridized carbons (Fsp3) is 0.471. The van der Waals surface area contributed by atoms with Crippen molar-refractivity contribution in [3.05, 3.63) is 35.8 Å². The van der Waals surface area contributed by atoms with Crippen molar-refractivity contribution in [1.29, 1.82) is 0 Å². The Bertz CT molecular complexity index is 639. The van der Waals surface area contributed by atoms with E-state index in [1.807, 2.05) is 13.8 Å². The summed E-state index contributed by atoms with van der Waals surface area (Å²) in [6.45, 7) is 4.52. The molecule has 1 amide bonds. The van der Waals surface area contributed by atoms with E-state index in [1.54, 1.807) is 12.3 Å². The maximum absolute atomic E-state index is 13.3. The molecule has 2 aromatic rings. The first kappa shape index (κ1) is 16.5. The van der Waals surface area contributed by atoms with Crippen molar-refractivity contribution in [2.24, 2.45) is 5.41 Å². The number of rotatable bonds is 7. The van der Waals surface area contributed by atoms with Crippen molar-refractivity contribution in [3.8, 4) is 0 Å². The summed E-state index contributed by atoms with van der Waals surface area (Å²) < 4.78 is 13.3. The minimum absolute atomic E-state index is 0.0541. The van der Waals surface area contributed by atoms with Gasteiger partial charge in [-0.25, -0.2) is 4.39 Å². The molecule has 0 spiro atoms. The number of aliphatic hydroxyl groups is 1. The summed E-state index contributed by atoms with van der Waals surface area (Å²) in [5, 5.41) is 13.1. The number of nitrogens with one attached hydrogen (secondary N) is 2. The van der Waals surface area contributed by atoms with Crippen molar-refractivity contribution in [2.75, 3.05) is 13.2 Å². The molecule has 0 radical (unpaired) electrons. The summed E-state index contributed by atoms with van der Waals surface area (Å²) >= 11 is 0. The predicted octanol–water partition coefficient (Wildman–Crippen LogP) is 2.76. The number of aliphatic hydroxyl groups excluding tert-OH is 1. The Morgan fingerprint density at radius 3 is 2.73 bits per heavy atom. The van der Waals surface area contributed by atoms with Crippen LogP contribution in [0.4, 0.5) is 4.39 Å². The predicted molar refractivity (Wildman–Crippen MR) is 85.1 cm³/mol.